The quantitative estimate of drug-likeness (QED) is 0.359. The summed E-state index contributed by atoms with van der Waals surface area (Å²) in [6.45, 7) is 6.98. The topological polar surface area (TPSA) is 101 Å². The normalized spacial score (nSPS) is 19.1. The van der Waals surface area contributed by atoms with Gasteiger partial charge in [-0.15, -0.1) is 5.10 Å². The molecule has 2 heterocycles. The number of anilines is 1. The number of amides is 2. The lowest BCUT2D eigenvalue weighted by atomic mass is 9.94. The van der Waals surface area contributed by atoms with Crippen LogP contribution >= 0.6 is 0 Å². The lowest BCUT2D eigenvalue weighted by Crippen LogP contribution is -2.43. The molecule has 3 N–H and O–H groups in total. The molecule has 4 rings (SSSR count). The minimum absolute atomic E-state index is 0.0474. The molecule has 11 heteroatoms. The van der Waals surface area contributed by atoms with E-state index in [0.717, 1.165) is 6.07 Å². The van der Waals surface area contributed by atoms with Gasteiger partial charge in [-0.3, -0.25) is 10.2 Å². The van der Waals surface area contributed by atoms with Gasteiger partial charge < -0.3 is 19.9 Å². The predicted octanol–water partition coefficient (Wildman–Crippen LogP) is 3.84. The van der Waals surface area contributed by atoms with Gasteiger partial charge in [-0.2, -0.15) is 0 Å². The van der Waals surface area contributed by atoms with Crippen LogP contribution in [0.3, 0.4) is 0 Å². The second-order valence-electron chi connectivity index (χ2n) is 9.93. The van der Waals surface area contributed by atoms with Crippen molar-refractivity contribution >= 4 is 11.8 Å². The van der Waals surface area contributed by atoms with Crippen molar-refractivity contribution in [3.05, 3.63) is 71.3 Å². The van der Waals surface area contributed by atoms with E-state index >= 15 is 0 Å². The number of methoxy groups -OCH3 is 1. The van der Waals surface area contributed by atoms with Crippen molar-refractivity contribution in [2.24, 2.45) is 0 Å². The Morgan fingerprint density at radius 2 is 1.87 bits per heavy atom. The number of nitrogens with one attached hydrogen (secondary N) is 2. The Labute approximate surface area is 226 Å². The minimum atomic E-state index is -0.925. The van der Waals surface area contributed by atoms with Crippen molar-refractivity contribution in [1.82, 2.24) is 20.0 Å². The number of likely N-dealkylation sites (tertiary alicyclic amines) is 1. The van der Waals surface area contributed by atoms with Gasteiger partial charge in [0.1, 0.15) is 12.4 Å². The number of carbonyl (C=O) groups is 1. The van der Waals surface area contributed by atoms with E-state index in [1.807, 2.05) is 37.3 Å². The van der Waals surface area contributed by atoms with E-state index in [2.05, 4.69) is 20.6 Å². The highest BCUT2D eigenvalue weighted by molar-refractivity contribution is 5.90. The highest BCUT2D eigenvalue weighted by Crippen LogP contribution is 2.31. The number of aromatic nitrogens is 2. The van der Waals surface area contributed by atoms with Crippen LogP contribution in [0.1, 0.15) is 30.9 Å². The van der Waals surface area contributed by atoms with Crippen LogP contribution in [-0.4, -0.2) is 77.4 Å². The van der Waals surface area contributed by atoms with Gasteiger partial charge in [-0.05, 0) is 50.6 Å². The van der Waals surface area contributed by atoms with Crippen LogP contribution in [0.2, 0.25) is 0 Å². The number of urea groups is 1. The molecular formula is C28H35F2N5O4. The number of ether oxygens (including phenoxy) is 2. The van der Waals surface area contributed by atoms with E-state index in [1.165, 1.54) is 6.07 Å². The number of nitrogens with zero attached hydrogens (tertiary/aromatic N) is 3. The third-order valence-electron chi connectivity index (χ3n) is 6.84. The van der Waals surface area contributed by atoms with E-state index in [1.54, 1.807) is 31.7 Å². The average molecular weight is 544 g/mol. The Kier molecular flexibility index (Phi) is 9.16. The number of hydrogen-bond donors (Lipinski definition) is 3. The molecule has 1 saturated heterocycles. The maximum Gasteiger partial charge on any atom is 0.320 e. The van der Waals surface area contributed by atoms with Crippen LogP contribution in [0.4, 0.5) is 19.4 Å². The number of aliphatic hydroxyl groups excluding tert-OH is 1. The Morgan fingerprint density at radius 3 is 2.54 bits per heavy atom. The molecule has 2 aromatic carbocycles. The lowest BCUT2D eigenvalue weighted by molar-refractivity contribution is 0.113. The van der Waals surface area contributed by atoms with Crippen molar-refractivity contribution in [2.75, 3.05) is 38.7 Å². The molecule has 0 radical (unpaired) electrons. The van der Waals surface area contributed by atoms with Crippen molar-refractivity contribution in [3.8, 4) is 11.6 Å². The van der Waals surface area contributed by atoms with Gasteiger partial charge in [0.25, 0.3) is 0 Å². The molecule has 1 aliphatic rings. The fraction of sp³-hybridized carbons (Fsp3) is 0.429. The summed E-state index contributed by atoms with van der Waals surface area (Å²) in [5, 5.41) is 20.1. The molecule has 1 fully saturated rings. The van der Waals surface area contributed by atoms with E-state index < -0.39 is 23.8 Å². The predicted molar refractivity (Wildman–Crippen MR) is 143 cm³/mol. The van der Waals surface area contributed by atoms with Gasteiger partial charge in [0, 0.05) is 32.2 Å². The van der Waals surface area contributed by atoms with E-state index in [-0.39, 0.29) is 30.5 Å². The molecular weight excluding hydrogens is 508 g/mol. The van der Waals surface area contributed by atoms with Crippen LogP contribution in [0.25, 0.3) is 5.69 Å². The fourth-order valence-corrected chi connectivity index (χ4v) is 4.80. The molecule has 3 aromatic rings. The Balaban J connectivity index is 1.58. The number of aliphatic hydroxyl groups is 1. The van der Waals surface area contributed by atoms with Crippen LogP contribution in [0, 0.1) is 18.6 Å². The average Bonchev–Trinajstić information content (AvgIpc) is 3.46. The molecule has 9 nitrogen and oxygen atoms in total. The largest absolute Gasteiger partial charge is 0.474 e. The summed E-state index contributed by atoms with van der Waals surface area (Å²) in [6, 6.07) is 12.3. The Morgan fingerprint density at radius 1 is 1.13 bits per heavy atom. The summed E-state index contributed by atoms with van der Waals surface area (Å²) < 4.78 is 40.3. The Hall–Kier alpha value is -3.54. The molecule has 2 amide bonds. The number of halogens is 2. The third kappa shape index (κ3) is 6.73. The summed E-state index contributed by atoms with van der Waals surface area (Å²) in [5.41, 5.74) is 1.90. The first-order valence-electron chi connectivity index (χ1n) is 12.9. The van der Waals surface area contributed by atoms with Crippen molar-refractivity contribution in [2.45, 2.75) is 44.9 Å². The number of rotatable bonds is 10. The Bertz CT molecular complexity index is 1270. The smallest absolute Gasteiger partial charge is 0.320 e. The van der Waals surface area contributed by atoms with E-state index in [9.17, 15) is 18.7 Å². The fourth-order valence-electron chi connectivity index (χ4n) is 4.80. The highest BCUT2D eigenvalue weighted by atomic mass is 19.2. The molecule has 1 aliphatic heterocycles. The summed E-state index contributed by atoms with van der Waals surface area (Å²) in [5.74, 6) is -1.41. The van der Waals surface area contributed by atoms with Gasteiger partial charge in [-0.1, -0.05) is 24.3 Å². The molecule has 210 valence electrons. The van der Waals surface area contributed by atoms with Gasteiger partial charge in [0.05, 0.1) is 30.0 Å². The number of carbonyl (C=O) groups excluding carboxylic acids is 1. The van der Waals surface area contributed by atoms with Crippen LogP contribution in [0.15, 0.2) is 48.5 Å². The molecule has 0 bridgehead atoms. The monoisotopic (exact) mass is 543 g/mol. The van der Waals surface area contributed by atoms with Crippen molar-refractivity contribution < 1.29 is 28.2 Å². The van der Waals surface area contributed by atoms with Gasteiger partial charge in [-0.25, -0.2) is 18.3 Å². The molecule has 4 atom stereocenters. The summed E-state index contributed by atoms with van der Waals surface area (Å²) in [7, 11) is 1.62. The maximum atomic E-state index is 14.1. The minimum Gasteiger partial charge on any atom is -0.474 e. The first-order valence-corrected chi connectivity index (χ1v) is 12.9. The summed E-state index contributed by atoms with van der Waals surface area (Å²) in [4.78, 5) is 15.5. The second-order valence-corrected chi connectivity index (χ2v) is 9.93. The lowest BCUT2D eigenvalue weighted by Gasteiger charge is -2.23. The second kappa shape index (κ2) is 12.5. The summed E-state index contributed by atoms with van der Waals surface area (Å²) in [6.07, 6.45) is -0.690. The molecule has 0 saturated carbocycles. The highest BCUT2D eigenvalue weighted by Gasteiger charge is 2.37. The number of hydrogen-bond acceptors (Lipinski definition) is 6. The van der Waals surface area contributed by atoms with Crippen LogP contribution in [-0.2, 0) is 4.74 Å². The maximum absolute atomic E-state index is 14.1. The standard InChI is InChI=1S/C28H35F2N5O4/c1-17(15-38-4)34-13-22(20-10-11-23(29)24(30)12-20)25(14-34)31-28(37)32-26-19(3)27(39-16-18(2)36)33-35(26)21-8-6-5-7-9-21/h5-12,17-18,22,25,36H,13-16H2,1-4H3,(H2,31,32,37)/t17-,18-,22-,25+/m0/s1. The zero-order valence-electron chi connectivity index (χ0n) is 22.5. The first-order chi connectivity index (χ1) is 18.7. The zero-order valence-corrected chi connectivity index (χ0v) is 22.5. The van der Waals surface area contributed by atoms with E-state index in [0.29, 0.717) is 42.3 Å². The van der Waals surface area contributed by atoms with Gasteiger partial charge in [0.15, 0.2) is 11.6 Å². The molecule has 0 aliphatic carbocycles. The van der Waals surface area contributed by atoms with Crippen molar-refractivity contribution in [3.63, 3.8) is 0 Å². The third-order valence-corrected chi connectivity index (χ3v) is 6.84. The number of para-hydroxylation sites is 1. The molecule has 39 heavy (non-hydrogen) atoms. The van der Waals surface area contributed by atoms with E-state index in [4.69, 9.17) is 9.47 Å². The zero-order chi connectivity index (χ0) is 28.1. The van der Waals surface area contributed by atoms with Crippen LogP contribution in [0.5, 0.6) is 5.88 Å². The molecule has 1 aromatic heterocycles. The van der Waals surface area contributed by atoms with Crippen molar-refractivity contribution in [1.29, 1.82) is 0 Å². The number of benzene rings is 2. The molecule has 0 spiro atoms. The summed E-state index contributed by atoms with van der Waals surface area (Å²) >= 11 is 0. The SMILES string of the molecule is COC[C@H](C)N1C[C@@H](NC(=O)Nc2c(C)c(OC[C@H](C)O)nn2-c2ccccc2)[C@H](c2ccc(F)c(F)c2)C1. The van der Waals surface area contributed by atoms with Gasteiger partial charge in [0.2, 0.25) is 5.88 Å². The first kappa shape index (κ1) is 28.5. The molecule has 0 unspecified atom stereocenters. The van der Waals surface area contributed by atoms with Crippen LogP contribution < -0.4 is 15.4 Å². The van der Waals surface area contributed by atoms with Gasteiger partial charge >= 0.3 is 6.03 Å².